The Bertz CT molecular complexity index is 873. The lowest BCUT2D eigenvalue weighted by atomic mass is 9.43. The number of carbonyl (C=O) groups excluding carboxylic acids is 1. The van der Waals surface area contributed by atoms with Gasteiger partial charge in [0.05, 0.1) is 0 Å². The third kappa shape index (κ3) is 1.89. The van der Waals surface area contributed by atoms with E-state index in [-0.39, 0.29) is 22.4 Å². The zero-order valence-corrected chi connectivity index (χ0v) is 17.2. The van der Waals surface area contributed by atoms with Crippen LogP contribution < -0.4 is 4.74 Å². The predicted octanol–water partition coefficient (Wildman–Crippen LogP) is 3.68. The van der Waals surface area contributed by atoms with Crippen LogP contribution in [-0.4, -0.2) is 41.0 Å². The fourth-order valence-corrected chi connectivity index (χ4v) is 7.58. The van der Waals surface area contributed by atoms with Gasteiger partial charge >= 0.3 is 0 Å². The number of phenolic OH excluding ortho intramolecular Hbond substituents is 1. The fraction of sp³-hybridized carbons (Fsp3) is 0.708. The molecule has 4 nitrogen and oxygen atoms in total. The molecule has 1 spiro atoms. The maximum atomic E-state index is 13.7. The third-order valence-electron chi connectivity index (χ3n) is 8.98. The summed E-state index contributed by atoms with van der Waals surface area (Å²) >= 11 is 0. The van der Waals surface area contributed by atoms with Crippen molar-refractivity contribution in [2.24, 2.45) is 23.2 Å². The van der Waals surface area contributed by atoms with Crippen LogP contribution >= 0.6 is 0 Å². The highest BCUT2D eigenvalue weighted by Crippen LogP contribution is 2.67. The van der Waals surface area contributed by atoms with E-state index in [1.54, 1.807) is 6.07 Å². The molecule has 150 valence electrons. The normalized spacial score (nSPS) is 40.2. The number of hydrogen-bond donors (Lipinski definition) is 1. The standard InChI is InChI=1S/C24H31NO3/c1-4-15-19-16-11-14-7-8-17(26)20-18(14)24(19,9-10-25(16)12-13-5-6-13)22(28-20)21(27)23(15,2)3/h7-8,13,15-16,19,22,26H,4-6,9-12H2,1-3H3/t15-,16-,19+,22+,24-/m1/s1. The molecule has 2 bridgehead atoms. The molecule has 4 heteroatoms. The number of hydrogen-bond acceptors (Lipinski definition) is 4. The van der Waals surface area contributed by atoms with E-state index in [1.165, 1.54) is 30.5 Å². The van der Waals surface area contributed by atoms with Gasteiger partial charge in [0.1, 0.15) is 0 Å². The Balaban J connectivity index is 1.58. The molecule has 6 rings (SSSR count). The molecule has 3 fully saturated rings. The number of aromatic hydroxyl groups is 1. The molecule has 1 aromatic carbocycles. The van der Waals surface area contributed by atoms with E-state index in [1.807, 2.05) is 0 Å². The largest absolute Gasteiger partial charge is 0.504 e. The molecule has 2 heterocycles. The number of carbonyl (C=O) groups is 1. The fourth-order valence-electron chi connectivity index (χ4n) is 7.58. The molecule has 1 saturated heterocycles. The molecule has 3 aliphatic carbocycles. The van der Waals surface area contributed by atoms with Crippen LogP contribution in [-0.2, 0) is 16.6 Å². The summed E-state index contributed by atoms with van der Waals surface area (Å²) in [5.41, 5.74) is 1.87. The van der Waals surface area contributed by atoms with Crippen molar-refractivity contribution in [3.63, 3.8) is 0 Å². The molecule has 5 atom stereocenters. The van der Waals surface area contributed by atoms with Crippen LogP contribution in [0.4, 0.5) is 0 Å². The SMILES string of the molecule is CC[C@@H]1[C@H]2[C@H]3Cc4ccc(O)c5c4[C@@]2(CCN3CC2CC2)[C@@H](O5)C(=O)C1(C)C. The zero-order valence-electron chi connectivity index (χ0n) is 17.2. The summed E-state index contributed by atoms with van der Waals surface area (Å²) < 4.78 is 6.36. The smallest absolute Gasteiger partial charge is 0.180 e. The van der Waals surface area contributed by atoms with Crippen molar-refractivity contribution in [1.82, 2.24) is 4.90 Å². The van der Waals surface area contributed by atoms with Gasteiger partial charge < -0.3 is 9.84 Å². The number of rotatable bonds is 3. The van der Waals surface area contributed by atoms with Crippen molar-refractivity contribution in [3.8, 4) is 11.5 Å². The number of ether oxygens (including phenoxy) is 1. The summed E-state index contributed by atoms with van der Waals surface area (Å²) in [6, 6.07) is 4.35. The second-order valence-electron chi connectivity index (χ2n) is 10.6. The molecule has 0 radical (unpaired) electrons. The first-order chi connectivity index (χ1) is 13.4. The summed E-state index contributed by atoms with van der Waals surface area (Å²) in [5, 5.41) is 10.6. The summed E-state index contributed by atoms with van der Waals surface area (Å²) in [7, 11) is 0. The van der Waals surface area contributed by atoms with Crippen LogP contribution in [0, 0.1) is 23.2 Å². The number of nitrogens with zero attached hydrogens (tertiary/aromatic N) is 1. The Morgan fingerprint density at radius 2 is 2.07 bits per heavy atom. The lowest BCUT2D eigenvalue weighted by Crippen LogP contribution is -2.72. The van der Waals surface area contributed by atoms with Crippen molar-refractivity contribution in [3.05, 3.63) is 23.3 Å². The molecule has 1 aromatic rings. The van der Waals surface area contributed by atoms with Crippen LogP contribution in [0.25, 0.3) is 0 Å². The third-order valence-corrected chi connectivity index (χ3v) is 8.98. The van der Waals surface area contributed by atoms with Gasteiger partial charge in [-0.25, -0.2) is 0 Å². The lowest BCUT2D eigenvalue weighted by Gasteiger charge is -2.63. The first kappa shape index (κ1) is 17.3. The zero-order chi connectivity index (χ0) is 19.4. The number of benzene rings is 1. The van der Waals surface area contributed by atoms with E-state index < -0.39 is 6.10 Å². The minimum atomic E-state index is -0.428. The summed E-state index contributed by atoms with van der Waals surface area (Å²) in [5.74, 6) is 2.72. The molecular formula is C24H31NO3. The van der Waals surface area contributed by atoms with Crippen LogP contribution in [0.15, 0.2) is 12.1 Å². The van der Waals surface area contributed by atoms with Gasteiger partial charge in [-0.15, -0.1) is 0 Å². The van der Waals surface area contributed by atoms with Crippen LogP contribution in [0.1, 0.15) is 57.6 Å². The van der Waals surface area contributed by atoms with Gasteiger partial charge in [0.25, 0.3) is 0 Å². The molecule has 5 aliphatic rings. The summed E-state index contributed by atoms with van der Waals surface area (Å²) in [6.45, 7) is 8.80. The highest BCUT2D eigenvalue weighted by molar-refractivity contribution is 5.94. The van der Waals surface area contributed by atoms with Crippen LogP contribution in [0.2, 0.25) is 0 Å². The minimum absolute atomic E-state index is 0.207. The monoisotopic (exact) mass is 381 g/mol. The van der Waals surface area contributed by atoms with Gasteiger partial charge in [-0.3, -0.25) is 9.69 Å². The Hall–Kier alpha value is -1.55. The van der Waals surface area contributed by atoms with Crippen LogP contribution in [0.3, 0.4) is 0 Å². The molecule has 1 N–H and O–H groups in total. The van der Waals surface area contributed by atoms with Gasteiger partial charge in [0.2, 0.25) is 0 Å². The highest BCUT2D eigenvalue weighted by Gasteiger charge is 2.71. The average molecular weight is 382 g/mol. The maximum Gasteiger partial charge on any atom is 0.180 e. The molecule has 2 saturated carbocycles. The minimum Gasteiger partial charge on any atom is -0.504 e. The summed E-state index contributed by atoms with van der Waals surface area (Å²) in [6.07, 6.45) is 5.35. The Kier molecular flexibility index (Phi) is 3.29. The molecular weight excluding hydrogens is 350 g/mol. The van der Waals surface area contributed by atoms with Crippen LogP contribution in [0.5, 0.6) is 11.5 Å². The van der Waals surface area contributed by atoms with Crippen molar-refractivity contribution in [2.75, 3.05) is 13.1 Å². The quantitative estimate of drug-likeness (QED) is 0.868. The van der Waals surface area contributed by atoms with E-state index in [9.17, 15) is 9.90 Å². The van der Waals surface area contributed by atoms with E-state index >= 15 is 0 Å². The average Bonchev–Trinajstić information content (AvgIpc) is 3.41. The molecule has 0 unspecified atom stereocenters. The first-order valence-electron chi connectivity index (χ1n) is 11.2. The number of ketones is 1. The second kappa shape index (κ2) is 5.33. The van der Waals surface area contributed by atoms with Crippen molar-refractivity contribution in [1.29, 1.82) is 0 Å². The number of Topliss-reactive ketones (excluding diaryl/α,β-unsaturated/α-hetero) is 1. The number of likely N-dealkylation sites (tertiary alicyclic amines) is 1. The first-order valence-corrected chi connectivity index (χ1v) is 11.2. The van der Waals surface area contributed by atoms with Gasteiger partial charge in [-0.1, -0.05) is 33.3 Å². The van der Waals surface area contributed by atoms with E-state index in [4.69, 9.17) is 4.74 Å². The van der Waals surface area contributed by atoms with Crippen molar-refractivity contribution >= 4 is 5.78 Å². The predicted molar refractivity (Wildman–Crippen MR) is 107 cm³/mol. The van der Waals surface area contributed by atoms with Gasteiger partial charge in [-0.2, -0.15) is 0 Å². The maximum absolute atomic E-state index is 13.7. The molecule has 0 aromatic heterocycles. The van der Waals surface area contributed by atoms with Gasteiger partial charge in [0, 0.05) is 29.0 Å². The number of phenols is 1. The van der Waals surface area contributed by atoms with Gasteiger partial charge in [-0.05, 0) is 61.6 Å². The number of piperidine rings is 1. The van der Waals surface area contributed by atoms with Crippen molar-refractivity contribution in [2.45, 2.75) is 70.4 Å². The van der Waals surface area contributed by atoms with E-state index in [0.717, 1.165) is 31.7 Å². The van der Waals surface area contributed by atoms with Gasteiger partial charge in [0.15, 0.2) is 23.4 Å². The van der Waals surface area contributed by atoms with Crippen molar-refractivity contribution < 1.29 is 14.6 Å². The van der Waals surface area contributed by atoms with E-state index in [2.05, 4.69) is 31.7 Å². The Morgan fingerprint density at radius 3 is 2.79 bits per heavy atom. The molecule has 0 amide bonds. The summed E-state index contributed by atoms with van der Waals surface area (Å²) in [4.78, 5) is 16.5. The topological polar surface area (TPSA) is 49.8 Å². The highest BCUT2D eigenvalue weighted by atomic mass is 16.5. The molecule has 28 heavy (non-hydrogen) atoms. The van der Waals surface area contributed by atoms with E-state index in [0.29, 0.717) is 23.6 Å². The molecule has 2 aliphatic heterocycles. The Morgan fingerprint density at radius 1 is 1.29 bits per heavy atom. The Labute approximate surface area is 167 Å². The lowest BCUT2D eigenvalue weighted by molar-refractivity contribution is -0.165. The second-order valence-corrected chi connectivity index (χ2v) is 10.6.